The first kappa shape index (κ1) is 20.5. The topological polar surface area (TPSA) is 148 Å². The third-order valence-electron chi connectivity index (χ3n) is 3.62. The highest BCUT2D eigenvalue weighted by atomic mass is 19.4. The maximum absolute atomic E-state index is 12.3. The number of nitrogens with one attached hydrogen (secondary N) is 1. The molecule has 1 fully saturated rings. The Bertz CT molecular complexity index is 724. The van der Waals surface area contributed by atoms with Gasteiger partial charge in [-0.05, 0) is 12.1 Å². The first-order valence-corrected chi connectivity index (χ1v) is 7.31. The molecule has 0 radical (unpaired) electrons. The lowest BCUT2D eigenvalue weighted by Crippen LogP contribution is -2.52. The maximum Gasteiger partial charge on any atom is 0.471 e. The number of carbonyl (C=O) groups excluding carboxylic acids is 2. The predicted octanol–water partition coefficient (Wildman–Crippen LogP) is -0.123. The van der Waals surface area contributed by atoms with Gasteiger partial charge in [0.05, 0.1) is 16.5 Å². The lowest BCUT2D eigenvalue weighted by Gasteiger charge is -2.21. The molecule has 1 aromatic carbocycles. The predicted molar refractivity (Wildman–Crippen MR) is 78.3 cm³/mol. The molecule has 1 aliphatic heterocycles. The summed E-state index contributed by atoms with van der Waals surface area (Å²) in [7, 11) is 0. The third kappa shape index (κ3) is 4.90. The molecule has 0 bridgehead atoms. The summed E-state index contributed by atoms with van der Waals surface area (Å²) in [4.78, 5) is 32.8. The molecule has 4 atom stereocenters. The van der Waals surface area contributed by atoms with Crippen molar-refractivity contribution in [2.45, 2.75) is 30.7 Å². The van der Waals surface area contributed by atoms with Crippen molar-refractivity contribution >= 4 is 17.6 Å². The molecule has 148 valence electrons. The summed E-state index contributed by atoms with van der Waals surface area (Å²) in [6.07, 6.45) is -10.5. The average Bonchev–Trinajstić information content (AvgIpc) is 2.86. The van der Waals surface area contributed by atoms with Crippen LogP contribution in [0.5, 0.6) is 0 Å². The van der Waals surface area contributed by atoms with Gasteiger partial charge in [-0.1, -0.05) is 0 Å². The second kappa shape index (κ2) is 7.85. The van der Waals surface area contributed by atoms with E-state index in [-0.39, 0.29) is 11.3 Å². The molecule has 0 aliphatic carbocycles. The van der Waals surface area contributed by atoms with Gasteiger partial charge in [-0.25, -0.2) is 4.79 Å². The minimum Gasteiger partial charge on any atom is -0.459 e. The molecule has 27 heavy (non-hydrogen) atoms. The highest BCUT2D eigenvalue weighted by Gasteiger charge is 2.48. The Hall–Kier alpha value is -2.77. The molecular formula is C14H13F3N2O8. The van der Waals surface area contributed by atoms with Crippen LogP contribution < -0.4 is 5.32 Å². The number of amides is 1. The number of rotatable bonds is 5. The van der Waals surface area contributed by atoms with Gasteiger partial charge in [-0.2, -0.15) is 13.2 Å². The van der Waals surface area contributed by atoms with Crippen LogP contribution in [0.1, 0.15) is 10.4 Å². The van der Waals surface area contributed by atoms with Crippen LogP contribution >= 0.6 is 0 Å². The summed E-state index contributed by atoms with van der Waals surface area (Å²) in [5, 5.41) is 31.1. The fourth-order valence-electron chi connectivity index (χ4n) is 2.26. The molecule has 1 heterocycles. The molecular weight excluding hydrogens is 381 g/mol. The van der Waals surface area contributed by atoms with Crippen LogP contribution in [0.25, 0.3) is 0 Å². The van der Waals surface area contributed by atoms with E-state index in [1.165, 1.54) is 5.32 Å². The Balaban J connectivity index is 2.00. The Morgan fingerprint density at radius 2 is 1.85 bits per heavy atom. The lowest BCUT2D eigenvalue weighted by atomic mass is 10.1. The van der Waals surface area contributed by atoms with E-state index in [4.69, 9.17) is 9.47 Å². The van der Waals surface area contributed by atoms with Crippen molar-refractivity contribution in [2.24, 2.45) is 0 Å². The minimum absolute atomic E-state index is 0.0874. The average molecular weight is 394 g/mol. The van der Waals surface area contributed by atoms with Crippen molar-refractivity contribution in [3.8, 4) is 0 Å². The van der Waals surface area contributed by atoms with Crippen LogP contribution in [0.4, 0.5) is 18.9 Å². The van der Waals surface area contributed by atoms with Crippen molar-refractivity contribution in [1.29, 1.82) is 0 Å². The Labute approximate surface area is 148 Å². The number of hydrogen-bond acceptors (Lipinski definition) is 8. The number of nitro benzene ring substituents is 1. The molecule has 3 N–H and O–H groups in total. The van der Waals surface area contributed by atoms with E-state index < -0.39 is 54.1 Å². The van der Waals surface area contributed by atoms with Crippen LogP contribution in [-0.4, -0.2) is 64.3 Å². The second-order valence-corrected chi connectivity index (χ2v) is 5.46. The van der Waals surface area contributed by atoms with E-state index in [0.29, 0.717) is 0 Å². The van der Waals surface area contributed by atoms with Crippen LogP contribution in [0.3, 0.4) is 0 Å². The van der Waals surface area contributed by atoms with Gasteiger partial charge in [0.15, 0.2) is 6.29 Å². The summed E-state index contributed by atoms with van der Waals surface area (Å²) in [5.41, 5.74) is -0.359. The highest BCUT2D eigenvalue weighted by molar-refractivity contribution is 5.89. The molecule has 0 unspecified atom stereocenters. The molecule has 0 saturated carbocycles. The molecule has 1 amide bonds. The number of ether oxygens (including phenoxy) is 2. The Morgan fingerprint density at radius 1 is 1.26 bits per heavy atom. The van der Waals surface area contributed by atoms with Gasteiger partial charge >= 0.3 is 18.1 Å². The molecule has 1 aliphatic rings. The molecule has 10 nitrogen and oxygen atoms in total. The van der Waals surface area contributed by atoms with Crippen LogP contribution in [0.15, 0.2) is 24.3 Å². The van der Waals surface area contributed by atoms with Crippen LogP contribution in [0.2, 0.25) is 0 Å². The first-order valence-electron chi connectivity index (χ1n) is 7.31. The van der Waals surface area contributed by atoms with Gasteiger partial charge in [-0.15, -0.1) is 0 Å². The number of nitrogens with zero attached hydrogens (tertiary/aromatic N) is 1. The number of nitro groups is 1. The SMILES string of the molecule is O=C(OC[C@@H]1O[C@@H](O)[C@@H](O)[C@@H]1NC(=O)C(F)(F)F)c1ccc([N+](=O)[O-])cc1. The first-order chi connectivity index (χ1) is 12.5. The molecule has 13 heteroatoms. The van der Waals surface area contributed by atoms with Gasteiger partial charge in [0, 0.05) is 12.1 Å². The van der Waals surface area contributed by atoms with Crippen molar-refractivity contribution in [2.75, 3.05) is 6.61 Å². The van der Waals surface area contributed by atoms with E-state index in [1.807, 2.05) is 0 Å². The molecule has 0 aromatic heterocycles. The number of benzene rings is 1. The van der Waals surface area contributed by atoms with Gasteiger partial charge in [0.1, 0.15) is 18.8 Å². The second-order valence-electron chi connectivity index (χ2n) is 5.46. The van der Waals surface area contributed by atoms with Crippen molar-refractivity contribution in [3.63, 3.8) is 0 Å². The van der Waals surface area contributed by atoms with E-state index in [0.717, 1.165) is 24.3 Å². The zero-order valence-corrected chi connectivity index (χ0v) is 13.3. The summed E-state index contributed by atoms with van der Waals surface area (Å²) >= 11 is 0. The fourth-order valence-corrected chi connectivity index (χ4v) is 2.26. The Morgan fingerprint density at radius 3 is 2.37 bits per heavy atom. The van der Waals surface area contributed by atoms with Crippen LogP contribution in [0, 0.1) is 10.1 Å². The molecule has 1 aromatic rings. The van der Waals surface area contributed by atoms with Gasteiger partial charge in [0.25, 0.3) is 5.69 Å². The fraction of sp³-hybridized carbons (Fsp3) is 0.429. The number of carbonyl (C=O) groups is 2. The lowest BCUT2D eigenvalue weighted by molar-refractivity contribution is -0.384. The number of alkyl halides is 3. The molecule has 2 rings (SSSR count). The largest absolute Gasteiger partial charge is 0.471 e. The highest BCUT2D eigenvalue weighted by Crippen LogP contribution is 2.23. The summed E-state index contributed by atoms with van der Waals surface area (Å²) < 4.78 is 46.7. The van der Waals surface area contributed by atoms with Crippen molar-refractivity contribution in [3.05, 3.63) is 39.9 Å². The smallest absolute Gasteiger partial charge is 0.459 e. The quantitative estimate of drug-likeness (QED) is 0.356. The molecule has 1 saturated heterocycles. The van der Waals surface area contributed by atoms with Crippen molar-refractivity contribution in [1.82, 2.24) is 5.32 Å². The Kier molecular flexibility index (Phi) is 5.98. The van der Waals surface area contributed by atoms with Gasteiger partial charge in [0.2, 0.25) is 0 Å². The third-order valence-corrected chi connectivity index (χ3v) is 3.62. The van der Waals surface area contributed by atoms with Gasteiger partial charge < -0.3 is 25.0 Å². The van der Waals surface area contributed by atoms with E-state index in [2.05, 4.69) is 0 Å². The zero-order valence-electron chi connectivity index (χ0n) is 13.3. The minimum atomic E-state index is -5.23. The normalized spacial score (nSPS) is 25.1. The molecule has 0 spiro atoms. The number of non-ortho nitro benzene ring substituents is 1. The van der Waals surface area contributed by atoms with E-state index >= 15 is 0 Å². The number of hydrogen-bond donors (Lipinski definition) is 3. The van der Waals surface area contributed by atoms with E-state index in [1.54, 1.807) is 0 Å². The maximum atomic E-state index is 12.3. The number of aliphatic hydroxyl groups is 2. The van der Waals surface area contributed by atoms with E-state index in [9.17, 15) is 43.1 Å². The number of halogens is 3. The zero-order chi connectivity index (χ0) is 20.4. The summed E-state index contributed by atoms with van der Waals surface area (Å²) in [5.74, 6) is -3.35. The van der Waals surface area contributed by atoms with Crippen molar-refractivity contribution < 1.29 is 47.4 Å². The number of aliphatic hydroxyl groups excluding tert-OH is 2. The monoisotopic (exact) mass is 394 g/mol. The standard InChI is InChI=1S/C14H13F3N2O8/c15-14(16,17)13(23)18-9-8(27-12(22)10(9)20)5-26-11(21)6-1-3-7(4-2-6)19(24)25/h1-4,8-10,12,20,22H,5H2,(H,18,23)/t8-,9+,10-,12+/m0/s1. The van der Waals surface area contributed by atoms with Crippen LogP contribution in [-0.2, 0) is 14.3 Å². The summed E-state index contributed by atoms with van der Waals surface area (Å²) in [6.45, 7) is -0.702. The number of esters is 1. The summed E-state index contributed by atoms with van der Waals surface area (Å²) in [6, 6.07) is 2.61. The van der Waals surface area contributed by atoms with Gasteiger partial charge in [-0.3, -0.25) is 14.9 Å².